The van der Waals surface area contributed by atoms with Gasteiger partial charge in [-0.05, 0) is 48.7 Å². The van der Waals surface area contributed by atoms with Gasteiger partial charge in [0.25, 0.3) is 0 Å². The fraction of sp³-hybridized carbons (Fsp3) is 0.300. The van der Waals surface area contributed by atoms with Gasteiger partial charge in [0.05, 0.1) is 5.75 Å². The first-order valence-electron chi connectivity index (χ1n) is 8.86. The van der Waals surface area contributed by atoms with Gasteiger partial charge in [-0.2, -0.15) is 4.98 Å². The average Bonchev–Trinajstić information content (AvgIpc) is 3.15. The van der Waals surface area contributed by atoms with Crippen molar-refractivity contribution in [2.24, 2.45) is 5.92 Å². The number of benzene rings is 1. The molecule has 0 radical (unpaired) electrons. The molecule has 0 spiro atoms. The van der Waals surface area contributed by atoms with Crippen LogP contribution in [0.2, 0.25) is 0 Å². The summed E-state index contributed by atoms with van der Waals surface area (Å²) in [5, 5.41) is 7.06. The van der Waals surface area contributed by atoms with Gasteiger partial charge in [0, 0.05) is 27.3 Å². The minimum absolute atomic E-state index is 0.0744. The Kier molecular flexibility index (Phi) is 6.85. The van der Waals surface area contributed by atoms with Gasteiger partial charge in [-0.25, -0.2) is 0 Å². The van der Waals surface area contributed by atoms with Crippen LogP contribution in [-0.4, -0.2) is 26.8 Å². The van der Waals surface area contributed by atoms with E-state index in [0.717, 1.165) is 20.5 Å². The molecule has 1 amide bonds. The average molecular weight is 461 g/mol. The first-order chi connectivity index (χ1) is 13.4. The quantitative estimate of drug-likeness (QED) is 0.509. The van der Waals surface area contributed by atoms with Crippen molar-refractivity contribution in [2.75, 3.05) is 5.75 Å². The summed E-state index contributed by atoms with van der Waals surface area (Å²) in [7, 11) is 0. The molecule has 0 fully saturated rings. The molecule has 28 heavy (non-hydrogen) atoms. The van der Waals surface area contributed by atoms with E-state index < -0.39 is 0 Å². The minimum atomic E-state index is -0.345. The summed E-state index contributed by atoms with van der Waals surface area (Å²) >= 11 is 4.96. The number of amides is 1. The van der Waals surface area contributed by atoms with Crippen LogP contribution in [0.1, 0.15) is 31.3 Å². The highest BCUT2D eigenvalue weighted by Crippen LogP contribution is 2.26. The van der Waals surface area contributed by atoms with E-state index in [9.17, 15) is 4.79 Å². The smallest absolute Gasteiger partial charge is 0.249 e. The van der Waals surface area contributed by atoms with Gasteiger partial charge in [-0.1, -0.05) is 34.9 Å². The number of pyridine rings is 1. The van der Waals surface area contributed by atoms with E-state index in [4.69, 9.17) is 4.52 Å². The molecule has 2 aromatic heterocycles. The summed E-state index contributed by atoms with van der Waals surface area (Å²) < 4.78 is 6.46. The van der Waals surface area contributed by atoms with Crippen molar-refractivity contribution in [3.8, 4) is 11.4 Å². The fourth-order valence-electron chi connectivity index (χ4n) is 2.63. The molecule has 2 heterocycles. The van der Waals surface area contributed by atoms with E-state index in [1.54, 1.807) is 12.4 Å². The molecule has 0 saturated carbocycles. The maximum atomic E-state index is 12.5. The van der Waals surface area contributed by atoms with E-state index in [2.05, 4.69) is 36.4 Å². The van der Waals surface area contributed by atoms with Crippen LogP contribution in [0.5, 0.6) is 0 Å². The maximum Gasteiger partial charge on any atom is 0.249 e. The van der Waals surface area contributed by atoms with E-state index in [0.29, 0.717) is 17.5 Å². The number of hydrogen-bond donors (Lipinski definition) is 1. The zero-order valence-corrected chi connectivity index (χ0v) is 18.3. The van der Waals surface area contributed by atoms with Crippen LogP contribution in [0.3, 0.4) is 0 Å². The van der Waals surface area contributed by atoms with Crippen LogP contribution in [0.25, 0.3) is 11.4 Å². The molecular weight excluding hydrogens is 440 g/mol. The van der Waals surface area contributed by atoms with Gasteiger partial charge < -0.3 is 9.84 Å². The molecule has 0 aliphatic rings. The highest BCUT2D eigenvalue weighted by molar-refractivity contribution is 9.10. The normalized spacial score (nSPS) is 12.2. The highest BCUT2D eigenvalue weighted by Gasteiger charge is 2.25. The highest BCUT2D eigenvalue weighted by atomic mass is 79.9. The Morgan fingerprint density at radius 1 is 1.25 bits per heavy atom. The number of aromatic nitrogens is 3. The number of rotatable bonds is 7. The molecule has 1 aromatic carbocycles. The molecule has 0 bridgehead atoms. The van der Waals surface area contributed by atoms with Crippen molar-refractivity contribution < 1.29 is 9.32 Å². The Morgan fingerprint density at radius 2 is 2.00 bits per heavy atom. The van der Waals surface area contributed by atoms with Crippen LogP contribution < -0.4 is 5.32 Å². The lowest BCUT2D eigenvalue weighted by molar-refractivity contribution is -0.119. The number of hydrogen-bond acceptors (Lipinski definition) is 6. The van der Waals surface area contributed by atoms with Crippen LogP contribution in [0, 0.1) is 12.8 Å². The summed E-state index contributed by atoms with van der Waals surface area (Å²) in [5.74, 6) is 1.23. The molecule has 1 unspecified atom stereocenters. The Bertz CT molecular complexity index is 946. The number of aryl methyl sites for hydroxylation is 1. The van der Waals surface area contributed by atoms with Gasteiger partial charge in [-0.3, -0.25) is 9.78 Å². The number of halogens is 1. The number of thioether (sulfide) groups is 1. The van der Waals surface area contributed by atoms with Crippen LogP contribution in [-0.2, 0) is 4.79 Å². The monoisotopic (exact) mass is 460 g/mol. The Balaban J connectivity index is 1.66. The van der Waals surface area contributed by atoms with Gasteiger partial charge in [0.1, 0.15) is 6.04 Å². The topological polar surface area (TPSA) is 80.9 Å². The van der Waals surface area contributed by atoms with E-state index in [-0.39, 0.29) is 17.9 Å². The van der Waals surface area contributed by atoms with Gasteiger partial charge in [-0.15, -0.1) is 11.8 Å². The standard InChI is InChI=1S/C20H21BrN4O2S/c1-12(2)18(20-24-19(25-27-20)14-6-8-22-9-7-14)23-17(26)11-28-16-5-4-15(21)10-13(16)3/h4-10,12,18H,11H2,1-3H3,(H,23,26). The summed E-state index contributed by atoms with van der Waals surface area (Å²) in [4.78, 5) is 22.1. The lowest BCUT2D eigenvalue weighted by atomic mass is 10.0. The molecule has 0 saturated heterocycles. The molecular formula is C20H21BrN4O2S. The molecule has 1 N–H and O–H groups in total. The fourth-order valence-corrected chi connectivity index (χ4v) is 3.92. The third-order valence-electron chi connectivity index (χ3n) is 4.13. The zero-order chi connectivity index (χ0) is 20.1. The predicted octanol–water partition coefficient (Wildman–Crippen LogP) is 4.81. The molecule has 146 valence electrons. The second-order valence-corrected chi connectivity index (χ2v) is 8.61. The molecule has 0 aliphatic heterocycles. The van der Waals surface area contributed by atoms with Crippen molar-refractivity contribution >= 4 is 33.6 Å². The molecule has 1 atom stereocenters. The van der Waals surface area contributed by atoms with Crippen molar-refractivity contribution in [3.63, 3.8) is 0 Å². The zero-order valence-electron chi connectivity index (χ0n) is 15.8. The summed E-state index contributed by atoms with van der Waals surface area (Å²) in [6, 6.07) is 9.31. The Morgan fingerprint density at radius 3 is 2.68 bits per heavy atom. The maximum absolute atomic E-state index is 12.5. The Labute approximate surface area is 176 Å². The summed E-state index contributed by atoms with van der Waals surface area (Å²) in [6.07, 6.45) is 3.35. The largest absolute Gasteiger partial charge is 0.343 e. The SMILES string of the molecule is Cc1cc(Br)ccc1SCC(=O)NC(c1nc(-c2ccncc2)no1)C(C)C. The van der Waals surface area contributed by atoms with Crippen molar-refractivity contribution in [1.29, 1.82) is 0 Å². The number of carbonyl (C=O) groups is 1. The second kappa shape index (κ2) is 9.34. The number of nitrogens with zero attached hydrogens (tertiary/aromatic N) is 3. The molecule has 0 aliphatic carbocycles. The molecule has 3 aromatic rings. The number of carbonyl (C=O) groups excluding carboxylic acids is 1. The first kappa shape index (κ1) is 20.5. The van der Waals surface area contributed by atoms with E-state index in [1.165, 1.54) is 11.8 Å². The van der Waals surface area contributed by atoms with Crippen molar-refractivity contribution in [2.45, 2.75) is 31.7 Å². The third kappa shape index (κ3) is 5.20. The van der Waals surface area contributed by atoms with Gasteiger partial charge in [0.2, 0.25) is 17.6 Å². The van der Waals surface area contributed by atoms with Gasteiger partial charge >= 0.3 is 0 Å². The van der Waals surface area contributed by atoms with Gasteiger partial charge in [0.15, 0.2) is 0 Å². The predicted molar refractivity (Wildman–Crippen MR) is 113 cm³/mol. The summed E-state index contributed by atoms with van der Waals surface area (Å²) in [6.45, 7) is 6.04. The number of nitrogens with one attached hydrogen (secondary N) is 1. The van der Waals surface area contributed by atoms with E-state index in [1.807, 2.05) is 51.1 Å². The summed E-state index contributed by atoms with van der Waals surface area (Å²) in [5.41, 5.74) is 1.95. The Hall–Kier alpha value is -2.19. The third-order valence-corrected chi connectivity index (χ3v) is 5.79. The first-order valence-corrected chi connectivity index (χ1v) is 10.6. The van der Waals surface area contributed by atoms with E-state index >= 15 is 0 Å². The molecule has 3 rings (SSSR count). The molecule has 6 nitrogen and oxygen atoms in total. The minimum Gasteiger partial charge on any atom is -0.343 e. The van der Waals surface area contributed by atoms with Crippen LogP contribution >= 0.6 is 27.7 Å². The lowest BCUT2D eigenvalue weighted by Gasteiger charge is -2.18. The molecule has 8 heteroatoms. The second-order valence-electron chi connectivity index (χ2n) is 6.68. The lowest BCUT2D eigenvalue weighted by Crippen LogP contribution is -2.33. The van der Waals surface area contributed by atoms with Crippen molar-refractivity contribution in [3.05, 3.63) is 58.7 Å². The van der Waals surface area contributed by atoms with Crippen molar-refractivity contribution in [1.82, 2.24) is 20.4 Å². The van der Waals surface area contributed by atoms with Crippen LogP contribution in [0.15, 0.2) is 56.6 Å². The van der Waals surface area contributed by atoms with Crippen LogP contribution in [0.4, 0.5) is 0 Å².